The molecule has 1 heterocycles. The van der Waals surface area contributed by atoms with Gasteiger partial charge in [-0.1, -0.05) is 13.3 Å². The molecule has 1 saturated heterocycles. The van der Waals surface area contributed by atoms with Gasteiger partial charge in [0, 0.05) is 53.5 Å². The van der Waals surface area contributed by atoms with Crippen LogP contribution in [0.1, 0.15) is 32.6 Å². The van der Waals surface area contributed by atoms with Crippen molar-refractivity contribution in [2.24, 2.45) is 0 Å². The van der Waals surface area contributed by atoms with E-state index in [1.165, 1.54) is 19.3 Å². The third kappa shape index (κ3) is 5.42. The maximum atomic E-state index is 5.99. The summed E-state index contributed by atoms with van der Waals surface area (Å²) >= 11 is 0. The van der Waals surface area contributed by atoms with Gasteiger partial charge in [0.05, 0.1) is 0 Å². The third-order valence-corrected chi connectivity index (χ3v) is 6.72. The maximum Gasteiger partial charge on any atom is 0.500 e. The van der Waals surface area contributed by atoms with E-state index in [-0.39, 0.29) is 6.23 Å². The van der Waals surface area contributed by atoms with Crippen molar-refractivity contribution in [1.29, 1.82) is 0 Å². The van der Waals surface area contributed by atoms with Crippen molar-refractivity contribution in [3.63, 3.8) is 0 Å². The normalized spacial score (nSPS) is 19.2. The highest BCUT2D eigenvalue weighted by molar-refractivity contribution is 6.60. The Hall–Kier alpha value is 0.0169. The van der Waals surface area contributed by atoms with Crippen LogP contribution >= 0.6 is 0 Å². The molecule has 1 radical (unpaired) electrons. The molecule has 1 rings (SSSR count). The Labute approximate surface area is 124 Å². The van der Waals surface area contributed by atoms with E-state index in [2.05, 4.69) is 18.2 Å². The highest BCUT2D eigenvalue weighted by Crippen LogP contribution is 2.17. The molecule has 1 atom stereocenters. The maximum absolute atomic E-state index is 5.99. The van der Waals surface area contributed by atoms with Gasteiger partial charge in [-0.25, -0.2) is 0 Å². The lowest BCUT2D eigenvalue weighted by Crippen LogP contribution is -2.43. The van der Waals surface area contributed by atoms with Crippen LogP contribution in [-0.2, 0) is 18.0 Å². The minimum absolute atomic E-state index is 0.138. The fraction of sp³-hybridized carbons (Fsp3) is 0.929. The van der Waals surface area contributed by atoms with Crippen LogP contribution in [0.5, 0.6) is 0 Å². The molecule has 0 aliphatic carbocycles. The Morgan fingerprint density at radius 1 is 1.05 bits per heavy atom. The average Bonchev–Trinajstić information content (AvgIpc) is 2.53. The molecule has 0 amide bonds. The van der Waals surface area contributed by atoms with Crippen LogP contribution in [0, 0.1) is 6.42 Å². The Morgan fingerprint density at radius 3 is 2.15 bits per heavy atom. The van der Waals surface area contributed by atoms with Crippen molar-refractivity contribution in [3.8, 4) is 0 Å². The molecule has 119 valence electrons. The predicted molar refractivity (Wildman–Crippen MR) is 81.3 cm³/mol. The fourth-order valence-electron chi connectivity index (χ4n) is 2.63. The second kappa shape index (κ2) is 9.86. The van der Waals surface area contributed by atoms with Gasteiger partial charge in [-0.15, -0.1) is 0 Å². The van der Waals surface area contributed by atoms with Gasteiger partial charge in [-0.05, 0) is 19.3 Å². The van der Waals surface area contributed by atoms with Crippen LogP contribution in [0.2, 0.25) is 6.04 Å². The second-order valence-electron chi connectivity index (χ2n) is 5.09. The average molecular weight is 304 g/mol. The van der Waals surface area contributed by atoms with Gasteiger partial charge >= 0.3 is 8.80 Å². The first kappa shape index (κ1) is 18.1. The number of piperidine rings is 1. The van der Waals surface area contributed by atoms with E-state index in [9.17, 15) is 0 Å². The van der Waals surface area contributed by atoms with E-state index < -0.39 is 8.80 Å². The standard InChI is InChI=1S/C14H30NO4Si/c1-5-14(15-10-7-6-8-11-15)19-12-9-13-20(16-2,17-3)18-4/h5,14H,6-13H2,1-4H3. The van der Waals surface area contributed by atoms with Gasteiger partial charge in [0.25, 0.3) is 0 Å². The molecule has 0 aromatic rings. The van der Waals surface area contributed by atoms with Gasteiger partial charge in [-0.3, -0.25) is 4.90 Å². The molecule has 0 N–H and O–H groups in total. The van der Waals surface area contributed by atoms with Crippen molar-refractivity contribution >= 4 is 8.80 Å². The first-order chi connectivity index (χ1) is 9.71. The highest BCUT2D eigenvalue weighted by atomic mass is 28.4. The molecule has 1 fully saturated rings. The Kier molecular flexibility index (Phi) is 8.91. The molecule has 1 unspecified atom stereocenters. The number of likely N-dealkylation sites (tertiary alicyclic amines) is 1. The Bertz CT molecular complexity index is 237. The van der Waals surface area contributed by atoms with E-state index in [0.717, 1.165) is 25.6 Å². The molecule has 1 aliphatic heterocycles. The molecule has 0 bridgehead atoms. The molecule has 20 heavy (non-hydrogen) atoms. The third-order valence-electron chi connectivity index (χ3n) is 3.88. The quantitative estimate of drug-likeness (QED) is 0.457. The van der Waals surface area contributed by atoms with Gasteiger partial charge in [0.15, 0.2) is 0 Å². The molecule has 1 aliphatic rings. The van der Waals surface area contributed by atoms with Crippen molar-refractivity contribution in [3.05, 3.63) is 6.42 Å². The molecule has 0 spiro atoms. The SMILES string of the molecule is C[CH]C(OCCC[Si](OC)(OC)OC)N1CCCCC1. The van der Waals surface area contributed by atoms with Crippen molar-refractivity contribution in [1.82, 2.24) is 4.90 Å². The number of hydrogen-bond donors (Lipinski definition) is 0. The first-order valence-corrected chi connectivity index (χ1v) is 9.45. The number of hydrogen-bond acceptors (Lipinski definition) is 5. The lowest BCUT2D eigenvalue weighted by atomic mass is 10.1. The van der Waals surface area contributed by atoms with Crippen LogP contribution < -0.4 is 0 Å². The van der Waals surface area contributed by atoms with Crippen molar-refractivity contribution < 1.29 is 18.0 Å². The molecule has 6 heteroatoms. The van der Waals surface area contributed by atoms with E-state index >= 15 is 0 Å². The van der Waals surface area contributed by atoms with Crippen LogP contribution in [-0.4, -0.2) is 61.0 Å². The smallest absolute Gasteiger partial charge is 0.377 e. The summed E-state index contributed by atoms with van der Waals surface area (Å²) in [7, 11) is 2.50. The summed E-state index contributed by atoms with van der Waals surface area (Å²) in [6.07, 6.45) is 7.07. The molecule has 0 aromatic carbocycles. The molecule has 5 nitrogen and oxygen atoms in total. The second-order valence-corrected chi connectivity index (χ2v) is 8.18. The topological polar surface area (TPSA) is 40.2 Å². The largest absolute Gasteiger partial charge is 0.500 e. The molecule has 0 saturated carbocycles. The summed E-state index contributed by atoms with van der Waals surface area (Å²) in [4.78, 5) is 2.41. The van der Waals surface area contributed by atoms with E-state index in [0.29, 0.717) is 6.61 Å². The van der Waals surface area contributed by atoms with Gasteiger partial charge < -0.3 is 18.0 Å². The highest BCUT2D eigenvalue weighted by Gasteiger charge is 2.37. The lowest BCUT2D eigenvalue weighted by Gasteiger charge is -2.33. The minimum atomic E-state index is -2.44. The monoisotopic (exact) mass is 304 g/mol. The summed E-state index contributed by atoms with van der Waals surface area (Å²) < 4.78 is 22.2. The predicted octanol–water partition coefficient (Wildman–Crippen LogP) is 2.31. The molecule has 0 aromatic heterocycles. The zero-order valence-electron chi connectivity index (χ0n) is 13.4. The van der Waals surface area contributed by atoms with Gasteiger partial charge in [0.1, 0.15) is 6.23 Å². The number of ether oxygens (including phenoxy) is 1. The van der Waals surface area contributed by atoms with Crippen molar-refractivity contribution in [2.45, 2.75) is 44.9 Å². The zero-order chi connectivity index (χ0) is 14.8. The summed E-state index contributed by atoms with van der Waals surface area (Å²) in [6, 6.07) is 0.785. The summed E-state index contributed by atoms with van der Waals surface area (Å²) in [5.74, 6) is 0. The van der Waals surface area contributed by atoms with E-state index in [1.54, 1.807) is 21.3 Å². The summed E-state index contributed by atoms with van der Waals surface area (Å²) in [5, 5.41) is 0. The van der Waals surface area contributed by atoms with Crippen LogP contribution in [0.4, 0.5) is 0 Å². The van der Waals surface area contributed by atoms with Crippen LogP contribution in [0.15, 0.2) is 0 Å². The van der Waals surface area contributed by atoms with Crippen LogP contribution in [0.25, 0.3) is 0 Å². The van der Waals surface area contributed by atoms with E-state index in [1.807, 2.05) is 0 Å². The number of rotatable bonds is 10. The van der Waals surface area contributed by atoms with Crippen LogP contribution in [0.3, 0.4) is 0 Å². The zero-order valence-corrected chi connectivity index (χ0v) is 14.4. The number of nitrogens with zero attached hydrogens (tertiary/aromatic N) is 1. The Morgan fingerprint density at radius 2 is 1.65 bits per heavy atom. The Balaban J connectivity index is 2.27. The lowest BCUT2D eigenvalue weighted by molar-refractivity contribution is -0.0463. The molecular weight excluding hydrogens is 274 g/mol. The minimum Gasteiger partial charge on any atom is -0.377 e. The molecular formula is C14H30NO4Si. The summed E-state index contributed by atoms with van der Waals surface area (Å²) in [6.45, 7) is 5.05. The van der Waals surface area contributed by atoms with E-state index in [4.69, 9.17) is 18.0 Å². The summed E-state index contributed by atoms with van der Waals surface area (Å²) in [5.41, 5.74) is 0. The first-order valence-electron chi connectivity index (χ1n) is 7.52. The van der Waals surface area contributed by atoms with Crippen molar-refractivity contribution in [2.75, 3.05) is 41.0 Å². The van der Waals surface area contributed by atoms with Gasteiger partial charge in [-0.2, -0.15) is 0 Å². The van der Waals surface area contributed by atoms with Gasteiger partial charge in [0.2, 0.25) is 0 Å². The fourth-order valence-corrected chi connectivity index (χ4v) is 4.32.